The molecule has 0 aliphatic carbocycles. The van der Waals surface area contributed by atoms with Gasteiger partial charge >= 0.3 is 0 Å². The van der Waals surface area contributed by atoms with Gasteiger partial charge in [-0.05, 0) is 47.6 Å². The van der Waals surface area contributed by atoms with Gasteiger partial charge in [0.2, 0.25) is 5.91 Å². The normalized spacial score (nSPS) is 12.3. The second kappa shape index (κ2) is 6.38. The summed E-state index contributed by atoms with van der Waals surface area (Å²) >= 11 is 9.43. The van der Waals surface area contributed by atoms with Crippen molar-refractivity contribution in [3.05, 3.63) is 27.2 Å². The maximum absolute atomic E-state index is 11.8. The summed E-state index contributed by atoms with van der Waals surface area (Å²) in [7, 11) is 1.82. The molecule has 0 aliphatic rings. The number of amides is 1. The molecular formula is C12H16BrClN2O. The van der Waals surface area contributed by atoms with Crippen molar-refractivity contribution in [1.29, 1.82) is 0 Å². The predicted molar refractivity (Wildman–Crippen MR) is 75.6 cm³/mol. The molecule has 0 fully saturated rings. The molecule has 0 saturated carbocycles. The third kappa shape index (κ3) is 3.98. The minimum atomic E-state index is -0.0908. The van der Waals surface area contributed by atoms with Crippen LogP contribution < -0.4 is 10.6 Å². The maximum Gasteiger partial charge on any atom is 0.228 e. The molecule has 0 aliphatic heterocycles. The lowest BCUT2D eigenvalue weighted by molar-refractivity contribution is -0.119. The lowest BCUT2D eigenvalue weighted by Gasteiger charge is -2.13. The van der Waals surface area contributed by atoms with Gasteiger partial charge in [-0.1, -0.05) is 18.5 Å². The van der Waals surface area contributed by atoms with Gasteiger partial charge in [-0.2, -0.15) is 0 Å². The first-order chi connectivity index (χ1) is 7.95. The van der Waals surface area contributed by atoms with Crippen molar-refractivity contribution in [2.45, 2.75) is 13.8 Å². The predicted octanol–water partition coefficient (Wildman–Crippen LogP) is 3.20. The lowest BCUT2D eigenvalue weighted by atomic mass is 10.1. The van der Waals surface area contributed by atoms with Crippen molar-refractivity contribution in [3.8, 4) is 0 Å². The van der Waals surface area contributed by atoms with E-state index in [1.807, 2.05) is 27.0 Å². The van der Waals surface area contributed by atoms with Crippen molar-refractivity contribution in [3.63, 3.8) is 0 Å². The molecule has 17 heavy (non-hydrogen) atoms. The molecule has 0 aromatic heterocycles. The fraction of sp³-hybridized carbons (Fsp3) is 0.417. The van der Waals surface area contributed by atoms with E-state index in [4.69, 9.17) is 11.6 Å². The molecule has 1 unspecified atom stereocenters. The fourth-order valence-corrected chi connectivity index (χ4v) is 2.12. The number of carbonyl (C=O) groups is 1. The van der Waals surface area contributed by atoms with Crippen LogP contribution in [0.2, 0.25) is 5.02 Å². The molecule has 3 nitrogen and oxygen atoms in total. The number of benzene rings is 1. The number of anilines is 1. The van der Waals surface area contributed by atoms with E-state index in [0.717, 1.165) is 10.0 Å². The number of nitrogens with one attached hydrogen (secondary N) is 2. The molecular weight excluding hydrogens is 304 g/mol. The largest absolute Gasteiger partial charge is 0.325 e. The zero-order valence-electron chi connectivity index (χ0n) is 10.1. The average Bonchev–Trinajstić information content (AvgIpc) is 2.26. The fourth-order valence-electron chi connectivity index (χ4n) is 1.40. The topological polar surface area (TPSA) is 41.1 Å². The van der Waals surface area contributed by atoms with Crippen LogP contribution >= 0.6 is 27.5 Å². The van der Waals surface area contributed by atoms with Crippen LogP contribution in [0, 0.1) is 12.8 Å². The van der Waals surface area contributed by atoms with Gasteiger partial charge in [0.1, 0.15) is 0 Å². The highest BCUT2D eigenvalue weighted by Gasteiger charge is 2.14. The Bertz CT molecular complexity index is 423. The summed E-state index contributed by atoms with van der Waals surface area (Å²) in [6.07, 6.45) is 0. The third-order valence-electron chi connectivity index (χ3n) is 2.46. The number of hydrogen-bond acceptors (Lipinski definition) is 2. The Kier molecular flexibility index (Phi) is 5.43. The van der Waals surface area contributed by atoms with E-state index in [2.05, 4.69) is 26.6 Å². The van der Waals surface area contributed by atoms with E-state index in [1.54, 1.807) is 6.07 Å². The van der Waals surface area contributed by atoms with E-state index >= 15 is 0 Å². The standard InChI is InChI=1S/C12H16BrClN2O/c1-7-4-9(13)11(5-10(7)14)16-12(17)8(2)6-15-3/h4-5,8,15H,6H2,1-3H3,(H,16,17). The summed E-state index contributed by atoms with van der Waals surface area (Å²) in [4.78, 5) is 11.8. The van der Waals surface area contributed by atoms with Crippen LogP contribution in [0.5, 0.6) is 0 Å². The van der Waals surface area contributed by atoms with E-state index in [9.17, 15) is 4.79 Å². The Labute approximate surface area is 115 Å². The van der Waals surface area contributed by atoms with Gasteiger partial charge in [0.25, 0.3) is 0 Å². The van der Waals surface area contributed by atoms with E-state index < -0.39 is 0 Å². The first-order valence-corrected chi connectivity index (χ1v) is 6.54. The number of carbonyl (C=O) groups excluding carboxylic acids is 1. The van der Waals surface area contributed by atoms with Crippen LogP contribution in [0.15, 0.2) is 16.6 Å². The van der Waals surface area contributed by atoms with Crippen LogP contribution in [0.3, 0.4) is 0 Å². The highest BCUT2D eigenvalue weighted by Crippen LogP contribution is 2.29. The van der Waals surface area contributed by atoms with Gasteiger partial charge in [-0.25, -0.2) is 0 Å². The first kappa shape index (κ1) is 14.5. The Balaban J connectivity index is 2.81. The molecule has 2 N–H and O–H groups in total. The summed E-state index contributed by atoms with van der Waals surface area (Å²) in [6, 6.07) is 3.64. The van der Waals surface area contributed by atoms with Crippen molar-refractivity contribution in [1.82, 2.24) is 5.32 Å². The van der Waals surface area contributed by atoms with Crippen LogP contribution in [-0.4, -0.2) is 19.5 Å². The van der Waals surface area contributed by atoms with Gasteiger partial charge in [0, 0.05) is 22.0 Å². The molecule has 0 radical (unpaired) electrons. The summed E-state index contributed by atoms with van der Waals surface area (Å²) in [5.74, 6) is -0.119. The van der Waals surface area contributed by atoms with Gasteiger partial charge in [0.15, 0.2) is 0 Å². The lowest BCUT2D eigenvalue weighted by Crippen LogP contribution is -2.28. The van der Waals surface area contributed by atoms with E-state index in [-0.39, 0.29) is 11.8 Å². The van der Waals surface area contributed by atoms with Crippen LogP contribution in [0.4, 0.5) is 5.69 Å². The van der Waals surface area contributed by atoms with Gasteiger partial charge in [0.05, 0.1) is 5.69 Å². The van der Waals surface area contributed by atoms with Gasteiger partial charge in [-0.3, -0.25) is 4.79 Å². The highest BCUT2D eigenvalue weighted by molar-refractivity contribution is 9.10. The Morgan fingerprint density at radius 2 is 2.18 bits per heavy atom. The number of aryl methyl sites for hydroxylation is 1. The first-order valence-electron chi connectivity index (χ1n) is 5.36. The molecule has 0 heterocycles. The second-order valence-corrected chi connectivity index (χ2v) is 5.29. The van der Waals surface area contributed by atoms with Crippen LogP contribution in [0.1, 0.15) is 12.5 Å². The zero-order chi connectivity index (χ0) is 13.0. The quantitative estimate of drug-likeness (QED) is 0.895. The number of halogens is 2. The minimum Gasteiger partial charge on any atom is -0.325 e. The molecule has 1 aromatic carbocycles. The number of hydrogen-bond donors (Lipinski definition) is 2. The van der Waals surface area contributed by atoms with E-state index in [0.29, 0.717) is 17.3 Å². The van der Waals surface area contributed by atoms with Crippen LogP contribution in [-0.2, 0) is 4.79 Å². The van der Waals surface area contributed by atoms with Gasteiger partial charge < -0.3 is 10.6 Å². The van der Waals surface area contributed by atoms with Crippen molar-refractivity contribution >= 4 is 39.1 Å². The summed E-state index contributed by atoms with van der Waals surface area (Å²) in [5, 5.41) is 6.47. The molecule has 1 amide bonds. The zero-order valence-corrected chi connectivity index (χ0v) is 12.4. The van der Waals surface area contributed by atoms with Crippen molar-refractivity contribution in [2.75, 3.05) is 18.9 Å². The average molecular weight is 320 g/mol. The van der Waals surface area contributed by atoms with Gasteiger partial charge in [-0.15, -0.1) is 0 Å². The molecule has 94 valence electrons. The Hall–Kier alpha value is -0.580. The maximum atomic E-state index is 11.8. The monoisotopic (exact) mass is 318 g/mol. The Morgan fingerprint density at radius 1 is 1.53 bits per heavy atom. The third-order valence-corrected chi connectivity index (χ3v) is 3.53. The number of rotatable bonds is 4. The molecule has 1 rings (SSSR count). The van der Waals surface area contributed by atoms with E-state index in [1.165, 1.54) is 0 Å². The smallest absolute Gasteiger partial charge is 0.228 e. The summed E-state index contributed by atoms with van der Waals surface area (Å²) in [5.41, 5.74) is 1.67. The minimum absolute atomic E-state index is 0.0278. The summed E-state index contributed by atoms with van der Waals surface area (Å²) < 4.78 is 0.837. The van der Waals surface area contributed by atoms with Crippen molar-refractivity contribution < 1.29 is 4.79 Å². The molecule has 1 atom stereocenters. The molecule has 1 aromatic rings. The molecule has 0 bridgehead atoms. The highest BCUT2D eigenvalue weighted by atomic mass is 79.9. The SMILES string of the molecule is CNCC(C)C(=O)Nc1cc(Cl)c(C)cc1Br. The second-order valence-electron chi connectivity index (χ2n) is 4.03. The van der Waals surface area contributed by atoms with Crippen molar-refractivity contribution in [2.24, 2.45) is 5.92 Å². The summed E-state index contributed by atoms with van der Waals surface area (Å²) in [6.45, 7) is 4.43. The molecule has 0 saturated heterocycles. The Morgan fingerprint density at radius 3 is 2.76 bits per heavy atom. The van der Waals surface area contributed by atoms with Crippen LogP contribution in [0.25, 0.3) is 0 Å². The molecule has 0 spiro atoms. The molecule has 5 heteroatoms.